The summed E-state index contributed by atoms with van der Waals surface area (Å²) < 4.78 is 41.1. The SMILES string of the molecule is CCCNC(=O)NS(=O)(=O)c1cc(Nc2cc(C)ccc2Cl)c(C(=O)N2CCC(c3ccc(F)cc3)CC2)cn1. The molecule has 2 aromatic carbocycles. The molecule has 1 fully saturated rings. The molecule has 1 aliphatic rings. The highest BCUT2D eigenvalue weighted by Gasteiger charge is 2.28. The smallest absolute Gasteiger partial charge is 0.328 e. The van der Waals surface area contributed by atoms with E-state index in [0.717, 1.165) is 11.1 Å². The molecule has 0 radical (unpaired) electrons. The van der Waals surface area contributed by atoms with Crippen LogP contribution in [0.15, 0.2) is 59.8 Å². The van der Waals surface area contributed by atoms with Crippen molar-refractivity contribution in [2.45, 2.75) is 44.1 Å². The van der Waals surface area contributed by atoms with Gasteiger partial charge in [0, 0.05) is 31.9 Å². The van der Waals surface area contributed by atoms with Crippen LogP contribution in [0.25, 0.3) is 0 Å². The number of benzene rings is 2. The number of likely N-dealkylation sites (tertiary alicyclic amines) is 1. The molecule has 0 bridgehead atoms. The molecule has 1 saturated heterocycles. The normalized spacial score (nSPS) is 14.1. The zero-order chi connectivity index (χ0) is 28.9. The third kappa shape index (κ3) is 7.08. The topological polar surface area (TPSA) is 120 Å². The van der Waals surface area contributed by atoms with E-state index in [1.807, 2.05) is 24.6 Å². The fraction of sp³-hybridized carbons (Fsp3) is 0.321. The standard InChI is InChI=1S/C28H31ClFN5O4S/c1-3-12-31-28(37)34-40(38,39)26-16-24(33-25-15-18(2)4-9-23(25)29)22(17-32-26)27(36)35-13-10-20(11-14-35)19-5-7-21(30)8-6-19/h4-9,15-17,20H,3,10-14H2,1-2H3,(H,32,33)(H2,31,34,37). The van der Waals surface area contributed by atoms with Crippen LogP contribution in [0.4, 0.5) is 20.6 Å². The van der Waals surface area contributed by atoms with E-state index in [4.69, 9.17) is 11.6 Å². The van der Waals surface area contributed by atoms with Crippen molar-refractivity contribution in [2.24, 2.45) is 0 Å². The van der Waals surface area contributed by atoms with Crippen molar-refractivity contribution >= 4 is 44.9 Å². The lowest BCUT2D eigenvalue weighted by Crippen LogP contribution is -2.40. The van der Waals surface area contributed by atoms with E-state index in [-0.39, 0.29) is 28.9 Å². The van der Waals surface area contributed by atoms with Gasteiger partial charge in [0.2, 0.25) is 0 Å². The number of hydrogen-bond acceptors (Lipinski definition) is 6. The van der Waals surface area contributed by atoms with Crippen molar-refractivity contribution in [3.05, 3.63) is 82.3 Å². The third-order valence-electron chi connectivity index (χ3n) is 6.66. The molecular formula is C28H31ClFN5O4S. The van der Waals surface area contributed by atoms with Gasteiger partial charge < -0.3 is 15.5 Å². The molecule has 0 atom stereocenters. The van der Waals surface area contributed by atoms with Gasteiger partial charge in [0.1, 0.15) is 5.82 Å². The fourth-order valence-corrected chi connectivity index (χ4v) is 5.56. The van der Waals surface area contributed by atoms with Crippen LogP contribution >= 0.6 is 11.6 Å². The average molecular weight is 588 g/mol. The lowest BCUT2D eigenvalue weighted by atomic mass is 9.89. The Morgan fingerprint density at radius 3 is 2.45 bits per heavy atom. The van der Waals surface area contributed by atoms with Crippen molar-refractivity contribution in [2.75, 3.05) is 25.0 Å². The number of rotatable bonds is 8. The highest BCUT2D eigenvalue weighted by atomic mass is 35.5. The largest absolute Gasteiger partial charge is 0.354 e. The predicted octanol–water partition coefficient (Wildman–Crippen LogP) is 5.34. The average Bonchev–Trinajstić information content (AvgIpc) is 2.94. The number of nitrogens with one attached hydrogen (secondary N) is 3. The second kappa shape index (κ2) is 12.6. The number of aromatic nitrogens is 1. The number of nitrogens with zero attached hydrogens (tertiary/aromatic N) is 2. The second-order valence-electron chi connectivity index (χ2n) is 9.66. The molecule has 3 amide bonds. The Labute approximate surface area is 238 Å². The number of urea groups is 1. The quantitative estimate of drug-likeness (QED) is 0.327. The highest BCUT2D eigenvalue weighted by Crippen LogP contribution is 2.32. The van der Waals surface area contributed by atoms with E-state index in [2.05, 4.69) is 15.6 Å². The summed E-state index contributed by atoms with van der Waals surface area (Å²) in [6.45, 7) is 4.94. The molecule has 0 saturated carbocycles. The Balaban J connectivity index is 1.60. The van der Waals surface area contributed by atoms with Crippen LogP contribution < -0.4 is 15.4 Å². The third-order valence-corrected chi connectivity index (χ3v) is 8.22. The van der Waals surface area contributed by atoms with Gasteiger partial charge in [-0.05, 0) is 67.5 Å². The number of carbonyl (C=O) groups excluding carboxylic acids is 2. The minimum absolute atomic E-state index is 0.159. The molecule has 1 aromatic heterocycles. The highest BCUT2D eigenvalue weighted by molar-refractivity contribution is 7.90. The van der Waals surface area contributed by atoms with Crippen LogP contribution in [0.3, 0.4) is 0 Å². The maximum Gasteiger partial charge on any atom is 0.328 e. The van der Waals surface area contributed by atoms with Gasteiger partial charge in [0.15, 0.2) is 5.03 Å². The molecule has 40 heavy (non-hydrogen) atoms. The minimum Gasteiger partial charge on any atom is -0.354 e. The summed E-state index contributed by atoms with van der Waals surface area (Å²) in [5, 5.41) is 5.49. The lowest BCUT2D eigenvalue weighted by molar-refractivity contribution is 0.0713. The molecule has 3 N–H and O–H groups in total. The molecule has 0 spiro atoms. The zero-order valence-electron chi connectivity index (χ0n) is 22.2. The van der Waals surface area contributed by atoms with E-state index < -0.39 is 21.1 Å². The molecule has 9 nitrogen and oxygen atoms in total. The number of anilines is 2. The molecule has 2 heterocycles. The summed E-state index contributed by atoms with van der Waals surface area (Å²) in [5.41, 5.74) is 2.75. The van der Waals surface area contributed by atoms with Crippen LogP contribution in [0, 0.1) is 12.7 Å². The first kappa shape index (κ1) is 29.3. The first-order chi connectivity index (χ1) is 19.1. The number of halogens is 2. The van der Waals surface area contributed by atoms with Crippen LogP contribution in [-0.2, 0) is 10.0 Å². The summed E-state index contributed by atoms with van der Waals surface area (Å²) in [6.07, 6.45) is 3.22. The van der Waals surface area contributed by atoms with Gasteiger partial charge >= 0.3 is 6.03 Å². The maximum atomic E-state index is 13.6. The van der Waals surface area contributed by atoms with Crippen LogP contribution in [0.5, 0.6) is 0 Å². The van der Waals surface area contributed by atoms with Gasteiger partial charge in [-0.15, -0.1) is 0 Å². The minimum atomic E-state index is -4.33. The summed E-state index contributed by atoms with van der Waals surface area (Å²) in [7, 11) is -4.33. The number of hydrogen-bond donors (Lipinski definition) is 3. The van der Waals surface area contributed by atoms with E-state index in [1.165, 1.54) is 24.4 Å². The zero-order valence-corrected chi connectivity index (χ0v) is 23.8. The number of carbonyl (C=O) groups is 2. The van der Waals surface area contributed by atoms with Crippen LogP contribution in [0.1, 0.15) is 53.6 Å². The van der Waals surface area contributed by atoms with Crippen molar-refractivity contribution in [3.63, 3.8) is 0 Å². The second-order valence-corrected chi connectivity index (χ2v) is 11.7. The van der Waals surface area contributed by atoms with Gasteiger partial charge in [-0.25, -0.2) is 18.9 Å². The van der Waals surface area contributed by atoms with Gasteiger partial charge in [-0.2, -0.15) is 8.42 Å². The molecule has 212 valence electrons. The Morgan fingerprint density at radius 2 is 1.77 bits per heavy atom. The van der Waals surface area contributed by atoms with Crippen LogP contribution in [0.2, 0.25) is 5.02 Å². The van der Waals surface area contributed by atoms with Gasteiger partial charge in [0.05, 0.1) is 22.0 Å². The molecular weight excluding hydrogens is 557 g/mol. The molecule has 12 heteroatoms. The number of pyridine rings is 1. The molecule has 4 rings (SSSR count). The summed E-state index contributed by atoms with van der Waals surface area (Å²) in [5.74, 6) is -0.419. The molecule has 0 aliphatic carbocycles. The number of sulfonamides is 1. The van der Waals surface area contributed by atoms with E-state index in [9.17, 15) is 22.4 Å². The van der Waals surface area contributed by atoms with Crippen molar-refractivity contribution in [1.29, 1.82) is 0 Å². The van der Waals surface area contributed by atoms with E-state index in [0.29, 0.717) is 49.6 Å². The van der Waals surface area contributed by atoms with E-state index >= 15 is 0 Å². The Kier molecular flexibility index (Phi) is 9.26. The Morgan fingerprint density at radius 1 is 1.07 bits per heavy atom. The first-order valence-corrected chi connectivity index (χ1v) is 14.8. The predicted molar refractivity (Wildman–Crippen MR) is 152 cm³/mol. The molecule has 3 aromatic rings. The number of aryl methyl sites for hydroxylation is 1. The summed E-state index contributed by atoms with van der Waals surface area (Å²) >= 11 is 6.38. The van der Waals surface area contributed by atoms with Gasteiger partial charge in [0.25, 0.3) is 15.9 Å². The van der Waals surface area contributed by atoms with Gasteiger partial charge in [-0.1, -0.05) is 36.7 Å². The number of piperidine rings is 1. The Hall–Kier alpha value is -3.70. The van der Waals surface area contributed by atoms with E-state index in [1.54, 1.807) is 29.2 Å². The van der Waals surface area contributed by atoms with Crippen LogP contribution in [-0.4, -0.2) is 49.9 Å². The summed E-state index contributed by atoms with van der Waals surface area (Å²) in [6, 6.07) is 12.0. The van der Waals surface area contributed by atoms with Crippen molar-refractivity contribution in [3.8, 4) is 0 Å². The van der Waals surface area contributed by atoms with Crippen molar-refractivity contribution in [1.82, 2.24) is 19.9 Å². The van der Waals surface area contributed by atoms with Crippen molar-refractivity contribution < 1.29 is 22.4 Å². The fourth-order valence-electron chi connectivity index (χ4n) is 4.51. The monoisotopic (exact) mass is 587 g/mol. The maximum absolute atomic E-state index is 13.6. The molecule has 1 aliphatic heterocycles. The Bertz CT molecular complexity index is 1490. The lowest BCUT2D eigenvalue weighted by Gasteiger charge is -2.32. The summed E-state index contributed by atoms with van der Waals surface area (Å²) in [4.78, 5) is 31.4. The molecule has 0 unspecified atom stereocenters. The van der Waals surface area contributed by atoms with Gasteiger partial charge in [-0.3, -0.25) is 4.79 Å². The number of amides is 3. The first-order valence-electron chi connectivity index (χ1n) is 13.0.